The number of nitrogens with one attached hydrogen (secondary N) is 1. The molecule has 0 radical (unpaired) electrons. The normalized spacial score (nSPS) is 17.6. The number of benzene rings is 2. The second kappa shape index (κ2) is 7.41. The lowest BCUT2D eigenvalue weighted by Crippen LogP contribution is -2.19. The van der Waals surface area contributed by atoms with Crippen molar-refractivity contribution < 1.29 is 4.79 Å². The molecule has 24 heavy (non-hydrogen) atoms. The van der Waals surface area contributed by atoms with Crippen molar-refractivity contribution in [3.8, 4) is 0 Å². The van der Waals surface area contributed by atoms with Crippen LogP contribution >= 0.6 is 50.3 Å². The van der Waals surface area contributed by atoms with Crippen molar-refractivity contribution in [3.63, 3.8) is 0 Å². The van der Waals surface area contributed by atoms with Crippen molar-refractivity contribution in [2.75, 3.05) is 0 Å². The molecule has 1 saturated heterocycles. The molecule has 122 valence electrons. The fourth-order valence-corrected chi connectivity index (χ4v) is 3.73. The quantitative estimate of drug-likeness (QED) is 0.422. The van der Waals surface area contributed by atoms with Crippen LogP contribution in [0.5, 0.6) is 0 Å². The maximum absolute atomic E-state index is 12.1. The molecule has 0 spiro atoms. The maximum atomic E-state index is 12.1. The van der Waals surface area contributed by atoms with Crippen molar-refractivity contribution in [1.82, 2.24) is 5.32 Å². The highest BCUT2D eigenvalue weighted by Gasteiger charge is 2.23. The van der Waals surface area contributed by atoms with Gasteiger partial charge in [-0.25, -0.2) is 4.99 Å². The van der Waals surface area contributed by atoms with Crippen LogP contribution in [-0.2, 0) is 4.79 Å². The van der Waals surface area contributed by atoms with E-state index < -0.39 is 0 Å². The molecular weight excluding hydrogens is 499 g/mol. The Balaban J connectivity index is 1.85. The Kier molecular flexibility index (Phi) is 5.46. The van der Waals surface area contributed by atoms with Crippen molar-refractivity contribution in [3.05, 3.63) is 66.0 Å². The van der Waals surface area contributed by atoms with E-state index in [4.69, 9.17) is 0 Å². The number of thioether (sulfide) groups is 1. The van der Waals surface area contributed by atoms with E-state index in [-0.39, 0.29) is 5.91 Å². The van der Waals surface area contributed by atoms with Gasteiger partial charge in [0.05, 0.1) is 10.6 Å². The summed E-state index contributed by atoms with van der Waals surface area (Å²) >= 11 is 7.18. The first-order valence-electron chi connectivity index (χ1n) is 7.24. The zero-order chi connectivity index (χ0) is 17.3. The number of hydrogen-bond donors (Lipinski definition) is 1. The smallest absolute Gasteiger partial charge is 0.264 e. The third kappa shape index (κ3) is 4.10. The first kappa shape index (κ1) is 17.7. The van der Waals surface area contributed by atoms with Gasteiger partial charge in [0.1, 0.15) is 0 Å². The van der Waals surface area contributed by atoms with Gasteiger partial charge in [-0.05, 0) is 95.2 Å². The number of carbonyl (C=O) groups excluding carboxylic acids is 1. The second-order valence-corrected chi connectivity index (χ2v) is 8.50. The Hall–Kier alpha value is -1.12. The molecule has 0 saturated carbocycles. The molecule has 0 unspecified atom stereocenters. The third-order valence-electron chi connectivity index (χ3n) is 3.47. The van der Waals surface area contributed by atoms with Crippen LogP contribution in [0.3, 0.4) is 0 Å². The number of rotatable bonds is 2. The van der Waals surface area contributed by atoms with E-state index in [1.54, 1.807) is 0 Å². The highest BCUT2D eigenvalue weighted by molar-refractivity contribution is 14.1. The maximum Gasteiger partial charge on any atom is 0.264 e. The summed E-state index contributed by atoms with van der Waals surface area (Å²) < 4.78 is 2.26. The third-order valence-corrected chi connectivity index (χ3v) is 6.35. The van der Waals surface area contributed by atoms with Gasteiger partial charge >= 0.3 is 0 Å². The van der Waals surface area contributed by atoms with Crippen LogP contribution in [0.2, 0.25) is 0 Å². The van der Waals surface area contributed by atoms with Crippen molar-refractivity contribution >= 4 is 73.1 Å². The van der Waals surface area contributed by atoms with Crippen molar-refractivity contribution in [1.29, 1.82) is 0 Å². The Morgan fingerprint density at radius 3 is 2.42 bits per heavy atom. The molecule has 1 fully saturated rings. The van der Waals surface area contributed by atoms with Gasteiger partial charge < -0.3 is 5.32 Å². The average Bonchev–Trinajstić information content (AvgIpc) is 2.86. The molecule has 3 nitrogen and oxygen atoms in total. The van der Waals surface area contributed by atoms with Gasteiger partial charge in [-0.15, -0.1) is 0 Å². The Bertz CT molecular complexity index is 852. The molecule has 3 rings (SSSR count). The molecular formula is C18H14BrIN2OS. The molecule has 0 bridgehead atoms. The van der Waals surface area contributed by atoms with Gasteiger partial charge in [0.25, 0.3) is 5.91 Å². The minimum atomic E-state index is -0.108. The number of hydrogen-bond acceptors (Lipinski definition) is 3. The molecule has 0 aromatic heterocycles. The summed E-state index contributed by atoms with van der Waals surface area (Å²) in [5, 5.41) is 3.44. The van der Waals surface area contributed by atoms with Crippen LogP contribution in [-0.4, -0.2) is 11.1 Å². The van der Waals surface area contributed by atoms with E-state index in [1.165, 1.54) is 15.3 Å². The molecule has 2 aromatic rings. The van der Waals surface area contributed by atoms with E-state index in [2.05, 4.69) is 48.8 Å². The summed E-state index contributed by atoms with van der Waals surface area (Å²) in [5.74, 6) is -0.108. The summed E-state index contributed by atoms with van der Waals surface area (Å²) in [5.41, 5.74) is 4.09. The average molecular weight is 513 g/mol. The van der Waals surface area contributed by atoms with Crippen LogP contribution in [0.1, 0.15) is 16.7 Å². The standard InChI is InChI=1S/C18H14BrIN2OS/c1-10-7-14(8-11(2)16(10)19)21-18-22-17(23)15(24-18)9-12-3-5-13(20)6-4-12/h3-9H,1-2H3,(H,21,22,23)/b15-9-. The van der Waals surface area contributed by atoms with E-state index in [0.29, 0.717) is 10.1 Å². The fourth-order valence-electron chi connectivity index (χ4n) is 2.30. The lowest BCUT2D eigenvalue weighted by Gasteiger charge is -2.04. The summed E-state index contributed by atoms with van der Waals surface area (Å²) in [6.07, 6.45) is 1.89. The van der Waals surface area contributed by atoms with Crippen LogP contribution in [0.25, 0.3) is 6.08 Å². The van der Waals surface area contributed by atoms with Crippen molar-refractivity contribution in [2.24, 2.45) is 4.99 Å². The van der Waals surface area contributed by atoms with Crippen molar-refractivity contribution in [2.45, 2.75) is 13.8 Å². The van der Waals surface area contributed by atoms with E-state index in [0.717, 1.165) is 26.9 Å². The first-order valence-corrected chi connectivity index (χ1v) is 9.93. The SMILES string of the molecule is Cc1cc(N=C2NC(=O)/C(=C/c3ccc(I)cc3)S2)cc(C)c1Br. The number of carbonyl (C=O) groups is 1. The van der Waals surface area contributed by atoms with Gasteiger partial charge in [0.2, 0.25) is 0 Å². The molecule has 1 aliphatic heterocycles. The highest BCUT2D eigenvalue weighted by atomic mass is 127. The molecule has 1 N–H and O–H groups in total. The number of halogens is 2. The molecule has 6 heteroatoms. The monoisotopic (exact) mass is 512 g/mol. The van der Waals surface area contributed by atoms with E-state index >= 15 is 0 Å². The van der Waals surface area contributed by atoms with Crippen LogP contribution in [0, 0.1) is 17.4 Å². The van der Waals surface area contributed by atoms with Gasteiger partial charge in [0.15, 0.2) is 5.17 Å². The number of aryl methyl sites for hydroxylation is 2. The fraction of sp³-hybridized carbons (Fsp3) is 0.111. The summed E-state index contributed by atoms with van der Waals surface area (Å²) in [7, 11) is 0. The van der Waals surface area contributed by atoms with Gasteiger partial charge in [0, 0.05) is 8.04 Å². The second-order valence-electron chi connectivity index (χ2n) is 5.43. The van der Waals surface area contributed by atoms with Gasteiger partial charge in [-0.1, -0.05) is 28.1 Å². The summed E-state index contributed by atoms with van der Waals surface area (Å²) in [6.45, 7) is 4.06. The number of nitrogens with zero attached hydrogens (tertiary/aromatic N) is 1. The Morgan fingerprint density at radius 1 is 1.17 bits per heavy atom. The zero-order valence-electron chi connectivity index (χ0n) is 13.1. The number of amidine groups is 1. The minimum Gasteiger partial charge on any atom is -0.300 e. The lowest BCUT2D eigenvalue weighted by atomic mass is 10.1. The largest absolute Gasteiger partial charge is 0.300 e. The van der Waals surface area contributed by atoms with Gasteiger partial charge in [-0.3, -0.25) is 4.79 Å². The molecule has 0 atom stereocenters. The summed E-state index contributed by atoms with van der Waals surface area (Å²) in [4.78, 5) is 17.4. The Labute approximate surface area is 167 Å². The van der Waals surface area contributed by atoms with Gasteiger partial charge in [-0.2, -0.15) is 0 Å². The minimum absolute atomic E-state index is 0.108. The molecule has 0 aliphatic carbocycles. The predicted octanol–water partition coefficient (Wildman–Crippen LogP) is 5.56. The number of aliphatic imine (C=N–C) groups is 1. The molecule has 1 aliphatic rings. The van der Waals surface area contributed by atoms with Crippen LogP contribution in [0.15, 0.2) is 50.8 Å². The number of amides is 1. The summed E-state index contributed by atoms with van der Waals surface area (Å²) in [6, 6.07) is 12.0. The van der Waals surface area contributed by atoms with E-state index in [9.17, 15) is 4.79 Å². The van der Waals surface area contributed by atoms with Crippen LogP contribution in [0.4, 0.5) is 5.69 Å². The first-order chi connectivity index (χ1) is 11.4. The predicted molar refractivity (Wildman–Crippen MR) is 114 cm³/mol. The highest BCUT2D eigenvalue weighted by Crippen LogP contribution is 2.31. The van der Waals surface area contributed by atoms with E-state index in [1.807, 2.05) is 56.3 Å². The van der Waals surface area contributed by atoms with Crippen LogP contribution < -0.4 is 5.32 Å². The molecule has 1 amide bonds. The Morgan fingerprint density at radius 2 is 1.79 bits per heavy atom. The molecule has 1 heterocycles. The topological polar surface area (TPSA) is 41.5 Å². The lowest BCUT2D eigenvalue weighted by molar-refractivity contribution is -0.115. The molecule has 2 aromatic carbocycles. The zero-order valence-corrected chi connectivity index (χ0v) is 17.6.